The van der Waals surface area contributed by atoms with Gasteiger partial charge in [0.2, 0.25) is 0 Å². The molecular weight excluding hydrogens is 324 g/mol. The first-order valence-electron chi connectivity index (χ1n) is 6.49. The second-order valence-corrected chi connectivity index (χ2v) is 5.39. The minimum atomic E-state index is -3.80. The molecular formula is C13H16ClF2NO5. The van der Waals surface area contributed by atoms with Gasteiger partial charge in [-0.1, -0.05) is 0 Å². The second kappa shape index (κ2) is 6.51. The van der Waals surface area contributed by atoms with Gasteiger partial charge in [0.25, 0.3) is 0 Å². The van der Waals surface area contributed by atoms with E-state index in [1.54, 1.807) is 6.92 Å². The highest BCUT2D eigenvalue weighted by Crippen LogP contribution is 2.27. The van der Waals surface area contributed by atoms with Crippen molar-refractivity contribution in [1.82, 2.24) is 0 Å². The van der Waals surface area contributed by atoms with Gasteiger partial charge in [0.05, 0.1) is 6.10 Å². The molecule has 0 bridgehead atoms. The van der Waals surface area contributed by atoms with E-state index in [2.05, 4.69) is 21.7 Å². The van der Waals surface area contributed by atoms with Gasteiger partial charge in [0.15, 0.2) is 6.23 Å². The zero-order chi connectivity index (χ0) is 16.5. The number of rotatable bonds is 4. The highest BCUT2D eigenvalue weighted by molar-refractivity contribution is 6.20. The lowest BCUT2D eigenvalue weighted by Gasteiger charge is -2.39. The summed E-state index contributed by atoms with van der Waals surface area (Å²) < 4.78 is 34.5. The zero-order valence-corrected chi connectivity index (χ0v) is 12.2. The molecule has 0 saturated carbocycles. The van der Waals surface area contributed by atoms with E-state index in [9.17, 15) is 24.1 Å². The Hall–Kier alpha value is -1.19. The van der Waals surface area contributed by atoms with E-state index in [4.69, 9.17) is 4.74 Å². The van der Waals surface area contributed by atoms with E-state index < -0.39 is 36.2 Å². The maximum atomic E-state index is 12.5. The molecule has 1 aromatic rings. The van der Waals surface area contributed by atoms with Crippen LogP contribution in [-0.4, -0.2) is 51.5 Å². The average Bonchev–Trinajstić information content (AvgIpc) is 2.43. The molecule has 2 rings (SSSR count). The van der Waals surface area contributed by atoms with Crippen LogP contribution in [0.25, 0.3) is 0 Å². The van der Waals surface area contributed by atoms with Crippen LogP contribution in [0.4, 0.5) is 14.5 Å². The third kappa shape index (κ3) is 4.17. The monoisotopic (exact) mass is 339 g/mol. The molecule has 5 atom stereocenters. The summed E-state index contributed by atoms with van der Waals surface area (Å²) in [6.45, 7) is 1.55. The molecule has 1 aromatic carbocycles. The smallest absolute Gasteiger partial charge is 0.420 e. The average molecular weight is 340 g/mol. The quantitative estimate of drug-likeness (QED) is 0.614. The summed E-state index contributed by atoms with van der Waals surface area (Å²) in [6.07, 6.45) is -5.56. The van der Waals surface area contributed by atoms with Gasteiger partial charge in [-0.3, -0.25) is 0 Å². The Labute approximate surface area is 130 Å². The Morgan fingerprint density at radius 3 is 2.27 bits per heavy atom. The fraction of sp³-hybridized carbons (Fsp3) is 0.538. The summed E-state index contributed by atoms with van der Waals surface area (Å²) in [4.78, 5) is 0. The Balaban J connectivity index is 2.01. The Morgan fingerprint density at radius 1 is 1.14 bits per heavy atom. The van der Waals surface area contributed by atoms with Gasteiger partial charge in [-0.25, -0.2) is 0 Å². The van der Waals surface area contributed by atoms with Crippen LogP contribution in [0.3, 0.4) is 0 Å². The fourth-order valence-electron chi connectivity index (χ4n) is 2.09. The molecule has 0 unspecified atom stereocenters. The molecule has 0 aromatic heterocycles. The molecule has 1 aliphatic heterocycles. The number of alkyl halides is 3. The normalized spacial score (nSPS) is 32.6. The molecule has 6 nitrogen and oxygen atoms in total. The molecule has 0 spiro atoms. The van der Waals surface area contributed by atoms with Crippen molar-refractivity contribution in [2.45, 2.75) is 43.1 Å². The van der Waals surface area contributed by atoms with Crippen molar-refractivity contribution in [3.8, 4) is 5.75 Å². The summed E-state index contributed by atoms with van der Waals surface area (Å²) in [6, 6.07) is 5.33. The highest BCUT2D eigenvalue weighted by Gasteiger charge is 2.41. The minimum Gasteiger partial charge on any atom is -0.420 e. The van der Waals surface area contributed by atoms with Crippen LogP contribution < -0.4 is 10.1 Å². The van der Waals surface area contributed by atoms with Crippen molar-refractivity contribution in [3.63, 3.8) is 0 Å². The molecule has 9 heteroatoms. The standard InChI is InChI=1S/C13H16ClF2NO5/c1-6-9(18)10(19)11(20)12(21-6)17-7-2-4-8(5-3-7)22-13(14,15)16/h2-6,9-12,17-20H,1H3/t6-,9+,10+,11+,12-/m0/s1. The third-order valence-electron chi connectivity index (χ3n) is 3.25. The fourth-order valence-corrected chi connectivity index (χ4v) is 2.18. The van der Waals surface area contributed by atoms with Crippen LogP contribution in [0.1, 0.15) is 6.92 Å². The van der Waals surface area contributed by atoms with Crippen molar-refractivity contribution in [3.05, 3.63) is 24.3 Å². The number of nitrogens with one attached hydrogen (secondary N) is 1. The summed E-state index contributed by atoms with van der Waals surface area (Å²) in [5, 5.41) is 31.9. The van der Waals surface area contributed by atoms with Gasteiger partial charge in [0.1, 0.15) is 24.1 Å². The third-order valence-corrected chi connectivity index (χ3v) is 3.33. The summed E-state index contributed by atoms with van der Waals surface area (Å²) in [7, 11) is 0. The number of aliphatic hydroxyl groups excluding tert-OH is 3. The molecule has 22 heavy (non-hydrogen) atoms. The Bertz CT molecular complexity index is 498. The summed E-state index contributed by atoms with van der Waals surface area (Å²) in [5.41, 5.74) is -3.36. The van der Waals surface area contributed by atoms with E-state index in [1.165, 1.54) is 24.3 Å². The molecule has 0 aliphatic carbocycles. The van der Waals surface area contributed by atoms with Crippen LogP contribution >= 0.6 is 11.6 Å². The van der Waals surface area contributed by atoms with Gasteiger partial charge >= 0.3 is 5.57 Å². The highest BCUT2D eigenvalue weighted by atomic mass is 35.5. The second-order valence-electron chi connectivity index (χ2n) is 4.95. The number of benzene rings is 1. The van der Waals surface area contributed by atoms with Gasteiger partial charge < -0.3 is 30.1 Å². The van der Waals surface area contributed by atoms with E-state index in [1.807, 2.05) is 0 Å². The van der Waals surface area contributed by atoms with Crippen LogP contribution in [0, 0.1) is 0 Å². The first kappa shape index (κ1) is 17.2. The van der Waals surface area contributed by atoms with Crippen molar-refractivity contribution < 1.29 is 33.6 Å². The number of ether oxygens (including phenoxy) is 2. The number of hydrogen-bond acceptors (Lipinski definition) is 6. The lowest BCUT2D eigenvalue weighted by atomic mass is 9.99. The topological polar surface area (TPSA) is 91.2 Å². The van der Waals surface area contributed by atoms with Crippen molar-refractivity contribution in [2.75, 3.05) is 5.32 Å². The van der Waals surface area contributed by atoms with E-state index in [0.29, 0.717) is 5.69 Å². The Morgan fingerprint density at radius 2 is 1.73 bits per heavy atom. The van der Waals surface area contributed by atoms with Gasteiger partial charge in [-0.05, 0) is 31.2 Å². The molecule has 0 amide bonds. The minimum absolute atomic E-state index is 0.139. The van der Waals surface area contributed by atoms with E-state index >= 15 is 0 Å². The van der Waals surface area contributed by atoms with Crippen LogP contribution in [0.5, 0.6) is 5.75 Å². The first-order chi connectivity index (χ1) is 10.2. The summed E-state index contributed by atoms with van der Waals surface area (Å²) >= 11 is 4.65. The van der Waals surface area contributed by atoms with Crippen LogP contribution in [0.2, 0.25) is 0 Å². The van der Waals surface area contributed by atoms with Gasteiger partial charge in [-0.15, -0.1) is 8.78 Å². The lowest BCUT2D eigenvalue weighted by molar-refractivity contribution is -0.209. The molecule has 0 radical (unpaired) electrons. The van der Waals surface area contributed by atoms with Crippen LogP contribution in [0.15, 0.2) is 24.3 Å². The zero-order valence-electron chi connectivity index (χ0n) is 11.5. The van der Waals surface area contributed by atoms with Crippen LogP contribution in [-0.2, 0) is 4.74 Å². The number of hydrogen-bond donors (Lipinski definition) is 4. The molecule has 124 valence electrons. The van der Waals surface area contributed by atoms with Gasteiger partial charge in [0, 0.05) is 17.3 Å². The summed E-state index contributed by atoms with van der Waals surface area (Å²) in [5.74, 6) is -0.139. The molecule has 4 N–H and O–H groups in total. The maximum absolute atomic E-state index is 12.5. The van der Waals surface area contributed by atoms with Crippen molar-refractivity contribution >= 4 is 17.3 Å². The lowest BCUT2D eigenvalue weighted by Crippen LogP contribution is -2.58. The van der Waals surface area contributed by atoms with E-state index in [-0.39, 0.29) is 5.75 Å². The molecule has 1 fully saturated rings. The maximum Gasteiger partial charge on any atom is 0.487 e. The number of anilines is 1. The number of aliphatic hydroxyl groups is 3. The van der Waals surface area contributed by atoms with Crippen molar-refractivity contribution in [2.24, 2.45) is 0 Å². The first-order valence-corrected chi connectivity index (χ1v) is 6.87. The van der Waals surface area contributed by atoms with Gasteiger partial charge in [-0.2, -0.15) is 0 Å². The SMILES string of the molecule is C[C@@H]1O[C@H](Nc2ccc(OC(F)(F)Cl)cc2)[C@H](O)[C@H](O)[C@@H]1O. The largest absolute Gasteiger partial charge is 0.487 e. The molecule has 1 aliphatic rings. The van der Waals surface area contributed by atoms with E-state index in [0.717, 1.165) is 0 Å². The molecule has 1 heterocycles. The van der Waals surface area contributed by atoms with Crippen molar-refractivity contribution in [1.29, 1.82) is 0 Å². The predicted molar refractivity (Wildman–Crippen MR) is 73.8 cm³/mol. The molecule has 1 saturated heterocycles. The Kier molecular flexibility index (Phi) is 5.08. The predicted octanol–water partition coefficient (Wildman–Crippen LogP) is 1.09. The number of halogens is 3.